The molecule has 120 valence electrons. The van der Waals surface area contributed by atoms with Crippen LogP contribution in [0.1, 0.15) is 28.9 Å². The number of rotatable bonds is 2. The van der Waals surface area contributed by atoms with Crippen LogP contribution in [0.15, 0.2) is 36.0 Å². The molecule has 1 amide bonds. The smallest absolute Gasteiger partial charge is 0.263 e. The number of aromatic nitrogens is 2. The number of hydrogen-bond donors (Lipinski definition) is 0. The van der Waals surface area contributed by atoms with Crippen molar-refractivity contribution in [1.29, 1.82) is 0 Å². The molecular weight excluding hydrogens is 308 g/mol. The van der Waals surface area contributed by atoms with Crippen molar-refractivity contribution in [3.05, 3.63) is 40.8 Å². The van der Waals surface area contributed by atoms with E-state index >= 15 is 0 Å². The van der Waals surface area contributed by atoms with Gasteiger partial charge in [-0.2, -0.15) is 0 Å². The Bertz CT molecular complexity index is 675. The zero-order valence-electron chi connectivity index (χ0n) is 13.0. The van der Waals surface area contributed by atoms with Crippen LogP contribution in [0.5, 0.6) is 0 Å². The number of amides is 1. The van der Waals surface area contributed by atoms with Crippen LogP contribution in [-0.2, 0) is 0 Å². The predicted molar refractivity (Wildman–Crippen MR) is 90.8 cm³/mol. The van der Waals surface area contributed by atoms with Crippen molar-refractivity contribution >= 4 is 23.2 Å². The third-order valence-electron chi connectivity index (χ3n) is 4.95. The molecule has 0 N–H and O–H groups in total. The number of anilines is 1. The molecule has 0 bridgehead atoms. The minimum atomic E-state index is 0.188. The van der Waals surface area contributed by atoms with Crippen molar-refractivity contribution in [2.24, 2.45) is 5.41 Å². The molecular formula is C17H20N4OS. The zero-order chi connectivity index (χ0) is 15.7. The predicted octanol–water partition coefficient (Wildman–Crippen LogP) is 2.67. The summed E-state index contributed by atoms with van der Waals surface area (Å²) in [5, 5.41) is 1.97. The zero-order valence-corrected chi connectivity index (χ0v) is 13.8. The molecule has 2 aromatic rings. The lowest BCUT2D eigenvalue weighted by Gasteiger charge is -2.40. The minimum Gasteiger partial charge on any atom is -0.340 e. The molecule has 2 aliphatic heterocycles. The highest BCUT2D eigenvalue weighted by atomic mass is 32.1. The summed E-state index contributed by atoms with van der Waals surface area (Å²) in [5.41, 5.74) is 0.199. The first-order valence-electron chi connectivity index (χ1n) is 8.11. The molecule has 2 aromatic heterocycles. The maximum absolute atomic E-state index is 12.7. The van der Waals surface area contributed by atoms with Gasteiger partial charge in [0.15, 0.2) is 0 Å². The summed E-state index contributed by atoms with van der Waals surface area (Å²) in [7, 11) is 0. The molecule has 4 heterocycles. The van der Waals surface area contributed by atoms with Crippen LogP contribution in [0.4, 0.5) is 5.95 Å². The number of carbonyl (C=O) groups excluding carboxylic acids is 1. The number of carbonyl (C=O) groups is 1. The van der Waals surface area contributed by atoms with E-state index in [1.54, 1.807) is 12.4 Å². The Kier molecular flexibility index (Phi) is 3.77. The number of nitrogens with zero attached hydrogens (tertiary/aromatic N) is 4. The van der Waals surface area contributed by atoms with E-state index in [4.69, 9.17) is 0 Å². The average Bonchev–Trinajstić information content (AvgIpc) is 3.26. The molecule has 1 atom stereocenters. The number of thiophene rings is 1. The van der Waals surface area contributed by atoms with Crippen molar-refractivity contribution in [3.63, 3.8) is 0 Å². The molecule has 23 heavy (non-hydrogen) atoms. The molecule has 0 unspecified atom stereocenters. The van der Waals surface area contributed by atoms with Gasteiger partial charge in [-0.3, -0.25) is 4.79 Å². The molecule has 4 rings (SSSR count). The van der Waals surface area contributed by atoms with Gasteiger partial charge in [-0.1, -0.05) is 6.07 Å². The lowest BCUT2D eigenvalue weighted by Crippen LogP contribution is -2.47. The Hall–Kier alpha value is -1.95. The minimum absolute atomic E-state index is 0.188. The fourth-order valence-electron chi connectivity index (χ4n) is 3.83. The van der Waals surface area contributed by atoms with Gasteiger partial charge in [0.1, 0.15) is 0 Å². The van der Waals surface area contributed by atoms with Gasteiger partial charge >= 0.3 is 0 Å². The Morgan fingerprint density at radius 1 is 1.13 bits per heavy atom. The van der Waals surface area contributed by atoms with E-state index in [1.165, 1.54) is 17.8 Å². The van der Waals surface area contributed by atoms with Crippen LogP contribution in [0.3, 0.4) is 0 Å². The van der Waals surface area contributed by atoms with E-state index in [0.717, 1.165) is 49.8 Å². The van der Waals surface area contributed by atoms with Crippen LogP contribution in [-0.4, -0.2) is 47.0 Å². The van der Waals surface area contributed by atoms with E-state index < -0.39 is 0 Å². The summed E-state index contributed by atoms with van der Waals surface area (Å²) < 4.78 is 0. The lowest BCUT2D eigenvalue weighted by molar-refractivity contribution is 0.0561. The van der Waals surface area contributed by atoms with Gasteiger partial charge in [-0.15, -0.1) is 11.3 Å². The van der Waals surface area contributed by atoms with Crippen LogP contribution in [0, 0.1) is 5.41 Å². The fourth-order valence-corrected chi connectivity index (χ4v) is 4.52. The van der Waals surface area contributed by atoms with E-state index in [0.29, 0.717) is 0 Å². The van der Waals surface area contributed by atoms with Gasteiger partial charge in [0, 0.05) is 44.0 Å². The third-order valence-corrected chi connectivity index (χ3v) is 5.81. The normalized spacial score (nSPS) is 24.3. The quantitative estimate of drug-likeness (QED) is 0.850. The highest BCUT2D eigenvalue weighted by Crippen LogP contribution is 2.40. The molecule has 6 heteroatoms. The van der Waals surface area contributed by atoms with Crippen LogP contribution >= 0.6 is 11.3 Å². The molecule has 2 fully saturated rings. The van der Waals surface area contributed by atoms with Gasteiger partial charge in [0.2, 0.25) is 5.95 Å². The molecule has 5 nitrogen and oxygen atoms in total. The second kappa shape index (κ2) is 5.92. The molecule has 0 saturated carbocycles. The Morgan fingerprint density at radius 2 is 2.00 bits per heavy atom. The van der Waals surface area contributed by atoms with Crippen molar-refractivity contribution < 1.29 is 4.79 Å². The molecule has 0 aliphatic carbocycles. The number of likely N-dealkylation sites (tertiary alicyclic amines) is 1. The van der Waals surface area contributed by atoms with Crippen LogP contribution in [0.25, 0.3) is 0 Å². The van der Waals surface area contributed by atoms with Crippen molar-refractivity contribution in [2.75, 3.05) is 31.1 Å². The Balaban J connectivity index is 1.48. The molecule has 1 spiro atoms. The first kappa shape index (κ1) is 14.6. The second-order valence-corrected chi connectivity index (χ2v) is 7.48. The average molecular weight is 328 g/mol. The number of hydrogen-bond acceptors (Lipinski definition) is 5. The number of piperidine rings is 1. The molecule has 2 saturated heterocycles. The lowest BCUT2D eigenvalue weighted by atomic mass is 9.79. The largest absolute Gasteiger partial charge is 0.340 e. The van der Waals surface area contributed by atoms with E-state index in [-0.39, 0.29) is 11.3 Å². The topological polar surface area (TPSA) is 49.3 Å². The standard InChI is InChI=1S/C17H20N4OS/c22-15(14-4-1-11-23-14)20-9-2-5-17(12-20)6-10-21(13-17)16-18-7-3-8-19-16/h1,3-4,7-8,11H,2,5-6,9-10,12-13H2/t17-/m0/s1. The van der Waals surface area contributed by atoms with Crippen molar-refractivity contribution in [3.8, 4) is 0 Å². The maximum atomic E-state index is 12.7. The molecule has 0 aromatic carbocycles. The summed E-state index contributed by atoms with van der Waals surface area (Å²) >= 11 is 1.53. The second-order valence-electron chi connectivity index (χ2n) is 6.53. The monoisotopic (exact) mass is 328 g/mol. The van der Waals surface area contributed by atoms with Gasteiger partial charge in [-0.05, 0) is 36.8 Å². The van der Waals surface area contributed by atoms with E-state index in [2.05, 4.69) is 14.9 Å². The van der Waals surface area contributed by atoms with Crippen molar-refractivity contribution in [1.82, 2.24) is 14.9 Å². The summed E-state index contributed by atoms with van der Waals surface area (Å²) in [5.74, 6) is 1.000. The molecule has 2 aliphatic rings. The molecule has 0 radical (unpaired) electrons. The van der Waals surface area contributed by atoms with E-state index in [9.17, 15) is 4.79 Å². The fraction of sp³-hybridized carbons (Fsp3) is 0.471. The summed E-state index contributed by atoms with van der Waals surface area (Å²) in [6.07, 6.45) is 6.96. The van der Waals surface area contributed by atoms with Gasteiger partial charge in [0.05, 0.1) is 4.88 Å². The van der Waals surface area contributed by atoms with Crippen LogP contribution < -0.4 is 4.90 Å². The SMILES string of the molecule is O=C(c1cccs1)N1CCC[C@]2(CCN(c3ncccn3)C2)C1. The van der Waals surface area contributed by atoms with Gasteiger partial charge < -0.3 is 9.80 Å². The summed E-state index contributed by atoms with van der Waals surface area (Å²) in [6, 6.07) is 5.71. The first-order chi connectivity index (χ1) is 11.3. The van der Waals surface area contributed by atoms with Gasteiger partial charge in [-0.25, -0.2) is 9.97 Å². The highest BCUT2D eigenvalue weighted by molar-refractivity contribution is 7.12. The summed E-state index contributed by atoms with van der Waals surface area (Å²) in [6.45, 7) is 3.66. The van der Waals surface area contributed by atoms with Gasteiger partial charge in [0.25, 0.3) is 5.91 Å². The highest BCUT2D eigenvalue weighted by Gasteiger charge is 2.43. The van der Waals surface area contributed by atoms with Crippen molar-refractivity contribution in [2.45, 2.75) is 19.3 Å². The summed E-state index contributed by atoms with van der Waals surface area (Å²) in [4.78, 5) is 26.5. The van der Waals surface area contributed by atoms with Crippen LogP contribution in [0.2, 0.25) is 0 Å². The maximum Gasteiger partial charge on any atom is 0.263 e. The third kappa shape index (κ3) is 2.83. The van der Waals surface area contributed by atoms with E-state index in [1.807, 2.05) is 28.5 Å². The Morgan fingerprint density at radius 3 is 2.78 bits per heavy atom. The first-order valence-corrected chi connectivity index (χ1v) is 8.99. The Labute approximate surface area is 140 Å².